The lowest BCUT2D eigenvalue weighted by Gasteiger charge is -2.26. The Labute approximate surface area is 124 Å². The SMILES string of the molecule is CC(C)N(CCCO)S(=O)(=O)c1ccc(C(N)=O)cc1N. The second-order valence-corrected chi connectivity index (χ2v) is 6.76. The van der Waals surface area contributed by atoms with Crippen molar-refractivity contribution in [2.24, 2.45) is 5.73 Å². The summed E-state index contributed by atoms with van der Waals surface area (Å²) in [6.45, 7) is 3.56. The van der Waals surface area contributed by atoms with Crippen molar-refractivity contribution in [3.05, 3.63) is 23.8 Å². The number of nitrogens with zero attached hydrogens (tertiary/aromatic N) is 1. The fraction of sp³-hybridized carbons (Fsp3) is 0.462. The zero-order valence-corrected chi connectivity index (χ0v) is 12.9. The van der Waals surface area contributed by atoms with Crippen LogP contribution in [0, 0.1) is 0 Å². The lowest BCUT2D eigenvalue weighted by molar-refractivity contribution is 0.1000. The highest BCUT2D eigenvalue weighted by molar-refractivity contribution is 7.89. The van der Waals surface area contributed by atoms with Gasteiger partial charge in [0, 0.05) is 24.8 Å². The van der Waals surface area contributed by atoms with E-state index >= 15 is 0 Å². The Bertz CT molecular complexity index is 614. The fourth-order valence-corrected chi connectivity index (χ4v) is 3.72. The normalized spacial score (nSPS) is 12.0. The number of benzene rings is 1. The van der Waals surface area contributed by atoms with E-state index in [1.165, 1.54) is 22.5 Å². The van der Waals surface area contributed by atoms with Crippen molar-refractivity contribution in [3.8, 4) is 0 Å². The third kappa shape index (κ3) is 3.93. The predicted octanol–water partition coefficient (Wildman–Crippen LogP) is 0.149. The van der Waals surface area contributed by atoms with Crippen molar-refractivity contribution in [3.63, 3.8) is 0 Å². The molecule has 0 fully saturated rings. The van der Waals surface area contributed by atoms with Crippen LogP contribution in [-0.4, -0.2) is 42.9 Å². The fourth-order valence-electron chi connectivity index (χ4n) is 1.95. The quantitative estimate of drug-likeness (QED) is 0.617. The maximum Gasteiger partial charge on any atom is 0.248 e. The molecule has 5 N–H and O–H groups in total. The number of nitrogens with two attached hydrogens (primary N) is 2. The van der Waals surface area contributed by atoms with Crippen molar-refractivity contribution in [1.29, 1.82) is 0 Å². The van der Waals surface area contributed by atoms with Gasteiger partial charge in [-0.05, 0) is 38.5 Å². The maximum atomic E-state index is 12.6. The number of hydrogen-bond acceptors (Lipinski definition) is 5. The summed E-state index contributed by atoms with van der Waals surface area (Å²) in [6.07, 6.45) is 0.330. The molecule has 0 radical (unpaired) electrons. The zero-order chi connectivity index (χ0) is 16.2. The van der Waals surface area contributed by atoms with Gasteiger partial charge in [0.15, 0.2) is 0 Å². The molecule has 0 saturated heterocycles. The first kappa shape index (κ1) is 17.4. The average molecular weight is 315 g/mol. The van der Waals surface area contributed by atoms with Gasteiger partial charge in [-0.25, -0.2) is 8.42 Å². The van der Waals surface area contributed by atoms with Gasteiger partial charge in [0.05, 0.1) is 5.69 Å². The van der Waals surface area contributed by atoms with Gasteiger partial charge in [-0.2, -0.15) is 4.31 Å². The van der Waals surface area contributed by atoms with Crippen LogP contribution < -0.4 is 11.5 Å². The van der Waals surface area contributed by atoms with Crippen LogP contribution in [0.5, 0.6) is 0 Å². The van der Waals surface area contributed by atoms with Crippen LogP contribution in [0.1, 0.15) is 30.6 Å². The van der Waals surface area contributed by atoms with E-state index in [0.717, 1.165) is 0 Å². The smallest absolute Gasteiger partial charge is 0.248 e. The summed E-state index contributed by atoms with van der Waals surface area (Å²) in [6, 6.07) is 3.58. The van der Waals surface area contributed by atoms with E-state index in [-0.39, 0.29) is 35.3 Å². The molecular weight excluding hydrogens is 294 g/mol. The topological polar surface area (TPSA) is 127 Å². The Morgan fingerprint density at radius 2 is 2.00 bits per heavy atom. The minimum atomic E-state index is -3.80. The monoisotopic (exact) mass is 315 g/mol. The van der Waals surface area contributed by atoms with Crippen LogP contribution in [0.2, 0.25) is 0 Å². The molecule has 0 heterocycles. The predicted molar refractivity (Wildman–Crippen MR) is 80.1 cm³/mol. The number of anilines is 1. The van der Waals surface area contributed by atoms with E-state index in [4.69, 9.17) is 16.6 Å². The van der Waals surface area contributed by atoms with Crippen LogP contribution >= 0.6 is 0 Å². The van der Waals surface area contributed by atoms with E-state index in [9.17, 15) is 13.2 Å². The van der Waals surface area contributed by atoms with Crippen molar-refractivity contribution in [2.45, 2.75) is 31.2 Å². The molecule has 0 aliphatic carbocycles. The molecule has 21 heavy (non-hydrogen) atoms. The van der Waals surface area contributed by atoms with Gasteiger partial charge >= 0.3 is 0 Å². The number of sulfonamides is 1. The number of amides is 1. The summed E-state index contributed by atoms with van der Waals surface area (Å²) in [5, 5.41) is 8.89. The summed E-state index contributed by atoms with van der Waals surface area (Å²) in [7, 11) is -3.80. The molecular formula is C13H21N3O4S. The minimum Gasteiger partial charge on any atom is -0.398 e. The maximum absolute atomic E-state index is 12.6. The van der Waals surface area contributed by atoms with Crippen molar-refractivity contribution < 1.29 is 18.3 Å². The number of primary amides is 1. The van der Waals surface area contributed by atoms with Crippen molar-refractivity contribution in [2.75, 3.05) is 18.9 Å². The van der Waals surface area contributed by atoms with E-state index in [0.29, 0.717) is 6.42 Å². The lowest BCUT2D eigenvalue weighted by Crippen LogP contribution is -2.38. The second kappa shape index (κ2) is 6.88. The Hall–Kier alpha value is -1.64. The van der Waals surface area contributed by atoms with Gasteiger partial charge in [0.1, 0.15) is 4.90 Å². The van der Waals surface area contributed by atoms with E-state index < -0.39 is 15.9 Å². The van der Waals surface area contributed by atoms with Gasteiger partial charge in [0.25, 0.3) is 0 Å². The number of aliphatic hydroxyl groups is 1. The number of aliphatic hydroxyl groups excluding tert-OH is 1. The molecule has 0 bridgehead atoms. The molecule has 1 aromatic carbocycles. The molecule has 118 valence electrons. The number of hydrogen-bond donors (Lipinski definition) is 3. The Morgan fingerprint density at radius 3 is 2.43 bits per heavy atom. The standard InChI is InChI=1S/C13H21N3O4S/c1-9(2)16(6-3-7-17)21(19,20)12-5-4-10(13(15)18)8-11(12)14/h4-5,8-9,17H,3,6-7,14H2,1-2H3,(H2,15,18). The third-order valence-corrected chi connectivity index (χ3v) is 5.14. The molecule has 0 aromatic heterocycles. The minimum absolute atomic E-state index is 0.0269. The molecule has 0 aliphatic heterocycles. The van der Waals surface area contributed by atoms with Gasteiger partial charge in [-0.3, -0.25) is 4.79 Å². The van der Waals surface area contributed by atoms with Crippen LogP contribution in [0.3, 0.4) is 0 Å². The first-order valence-electron chi connectivity index (χ1n) is 6.53. The summed E-state index contributed by atoms with van der Waals surface area (Å²) in [5.41, 5.74) is 11.0. The van der Waals surface area contributed by atoms with Crippen LogP contribution in [0.25, 0.3) is 0 Å². The highest BCUT2D eigenvalue weighted by Gasteiger charge is 2.28. The Morgan fingerprint density at radius 1 is 1.38 bits per heavy atom. The Balaban J connectivity index is 3.25. The van der Waals surface area contributed by atoms with Gasteiger partial charge < -0.3 is 16.6 Å². The van der Waals surface area contributed by atoms with Crippen LogP contribution in [-0.2, 0) is 10.0 Å². The molecule has 7 nitrogen and oxygen atoms in total. The lowest BCUT2D eigenvalue weighted by atomic mass is 10.2. The van der Waals surface area contributed by atoms with Gasteiger partial charge in [0.2, 0.25) is 15.9 Å². The van der Waals surface area contributed by atoms with Crippen LogP contribution in [0.4, 0.5) is 5.69 Å². The first-order chi connectivity index (χ1) is 9.71. The molecule has 0 aliphatic rings. The van der Waals surface area contributed by atoms with E-state index in [1.54, 1.807) is 13.8 Å². The summed E-state index contributed by atoms with van der Waals surface area (Å²) in [5.74, 6) is -0.674. The van der Waals surface area contributed by atoms with Gasteiger partial charge in [-0.15, -0.1) is 0 Å². The number of carbonyl (C=O) groups is 1. The summed E-state index contributed by atoms with van der Waals surface area (Å²) in [4.78, 5) is 11.0. The molecule has 8 heteroatoms. The molecule has 1 amide bonds. The molecule has 0 atom stereocenters. The molecule has 0 spiro atoms. The molecule has 1 rings (SSSR count). The van der Waals surface area contributed by atoms with Gasteiger partial charge in [-0.1, -0.05) is 0 Å². The van der Waals surface area contributed by atoms with Crippen molar-refractivity contribution in [1.82, 2.24) is 4.31 Å². The number of rotatable bonds is 7. The molecule has 0 saturated carbocycles. The second-order valence-electron chi connectivity index (χ2n) is 4.90. The molecule has 1 aromatic rings. The average Bonchev–Trinajstić information content (AvgIpc) is 2.37. The molecule has 0 unspecified atom stereocenters. The number of nitrogen functional groups attached to an aromatic ring is 1. The largest absolute Gasteiger partial charge is 0.398 e. The first-order valence-corrected chi connectivity index (χ1v) is 7.97. The van der Waals surface area contributed by atoms with E-state index in [2.05, 4.69) is 0 Å². The van der Waals surface area contributed by atoms with Crippen molar-refractivity contribution >= 4 is 21.6 Å². The zero-order valence-electron chi connectivity index (χ0n) is 12.1. The summed E-state index contributed by atoms with van der Waals surface area (Å²) >= 11 is 0. The Kier molecular flexibility index (Phi) is 5.70. The van der Waals surface area contributed by atoms with E-state index in [1.807, 2.05) is 0 Å². The van der Waals surface area contributed by atoms with Crippen LogP contribution in [0.15, 0.2) is 23.1 Å². The third-order valence-electron chi connectivity index (χ3n) is 2.99. The summed E-state index contributed by atoms with van der Waals surface area (Å²) < 4.78 is 26.5. The highest BCUT2D eigenvalue weighted by Crippen LogP contribution is 2.25. The highest BCUT2D eigenvalue weighted by atomic mass is 32.2. The number of carbonyl (C=O) groups excluding carboxylic acids is 1.